The summed E-state index contributed by atoms with van der Waals surface area (Å²) in [5.41, 5.74) is 0. The zero-order chi connectivity index (χ0) is 18.1. The molecule has 1 saturated heterocycles. The molecule has 1 aliphatic heterocycles. The maximum atomic E-state index is 11.8. The van der Waals surface area contributed by atoms with Crippen LogP contribution in [0.2, 0.25) is 4.34 Å². The summed E-state index contributed by atoms with van der Waals surface area (Å²) >= 11 is 7.62. The molecule has 1 amide bonds. The molecule has 140 valence electrons. The summed E-state index contributed by atoms with van der Waals surface area (Å²) in [6.45, 7) is 5.84. The van der Waals surface area contributed by atoms with Crippen molar-refractivity contribution >= 4 is 34.8 Å². The van der Waals surface area contributed by atoms with Crippen LogP contribution >= 0.6 is 22.9 Å². The highest BCUT2D eigenvalue weighted by Crippen LogP contribution is 2.23. The lowest BCUT2D eigenvalue weighted by Crippen LogP contribution is -2.53. The average molecular weight is 388 g/mol. The Hall–Kier alpha value is -1.35. The first-order chi connectivity index (χ1) is 12.1. The highest BCUT2D eigenvalue weighted by molar-refractivity contribution is 7.16. The number of hydrogen-bond acceptors (Lipinski definition) is 5. The molecule has 1 aromatic heterocycles. The van der Waals surface area contributed by atoms with E-state index in [0.29, 0.717) is 13.2 Å². The molecule has 0 aromatic carbocycles. The number of rotatable bonds is 7. The van der Waals surface area contributed by atoms with Crippen LogP contribution in [0.1, 0.15) is 4.88 Å². The first-order valence-corrected chi connectivity index (χ1v) is 9.49. The highest BCUT2D eigenvalue weighted by Gasteiger charge is 2.20. The van der Waals surface area contributed by atoms with E-state index in [-0.39, 0.29) is 12.5 Å². The number of hydrogen-bond donors (Lipinski definition) is 2. The fourth-order valence-electron chi connectivity index (χ4n) is 2.62. The molecule has 1 aromatic rings. The predicted octanol–water partition coefficient (Wildman–Crippen LogP) is 0.857. The summed E-state index contributed by atoms with van der Waals surface area (Å²) in [6, 6.07) is 4.03. The molecular weight excluding hydrogens is 362 g/mol. The lowest BCUT2D eigenvalue weighted by atomic mass is 10.3. The quantitative estimate of drug-likeness (QED) is 0.412. The minimum atomic E-state index is -0.0635. The number of nitrogens with one attached hydrogen (secondary N) is 2. The third-order valence-electron chi connectivity index (χ3n) is 3.93. The SMILES string of the molecule is CN=C(NCC(=O)NCCOC)N1CCN(Cc2ccc(Cl)s2)CC1. The van der Waals surface area contributed by atoms with Gasteiger partial charge in [-0.1, -0.05) is 11.6 Å². The van der Waals surface area contributed by atoms with Crippen molar-refractivity contribution < 1.29 is 9.53 Å². The number of thiophene rings is 1. The molecule has 0 spiro atoms. The van der Waals surface area contributed by atoms with Crippen molar-refractivity contribution in [2.75, 3.05) is 60.0 Å². The van der Waals surface area contributed by atoms with Gasteiger partial charge in [0.25, 0.3) is 0 Å². The van der Waals surface area contributed by atoms with Crippen molar-refractivity contribution in [3.8, 4) is 0 Å². The Labute approximate surface area is 158 Å². The largest absolute Gasteiger partial charge is 0.383 e. The van der Waals surface area contributed by atoms with Crippen molar-refractivity contribution in [3.63, 3.8) is 0 Å². The topological polar surface area (TPSA) is 69.2 Å². The van der Waals surface area contributed by atoms with Crippen molar-refractivity contribution in [3.05, 3.63) is 21.3 Å². The number of halogens is 1. The zero-order valence-corrected chi connectivity index (χ0v) is 16.3. The molecule has 9 heteroatoms. The van der Waals surface area contributed by atoms with E-state index in [0.717, 1.165) is 43.0 Å². The van der Waals surface area contributed by atoms with Crippen LogP contribution in [0.4, 0.5) is 0 Å². The fourth-order valence-corrected chi connectivity index (χ4v) is 3.75. The molecule has 1 fully saturated rings. The molecule has 0 atom stereocenters. The van der Waals surface area contributed by atoms with E-state index < -0.39 is 0 Å². The predicted molar refractivity (Wildman–Crippen MR) is 102 cm³/mol. The normalized spacial score (nSPS) is 16.1. The molecule has 0 aliphatic carbocycles. The standard InChI is InChI=1S/C16H26ClN5O2S/c1-18-16(20-11-15(23)19-5-10-24-2)22-8-6-21(7-9-22)12-13-3-4-14(17)25-13/h3-4H,5-12H2,1-2H3,(H,18,20)(H,19,23). The first kappa shape index (κ1) is 20.0. The van der Waals surface area contributed by atoms with Gasteiger partial charge in [-0.3, -0.25) is 14.7 Å². The van der Waals surface area contributed by atoms with Crippen molar-refractivity contribution in [2.45, 2.75) is 6.54 Å². The third-order valence-corrected chi connectivity index (χ3v) is 5.14. The van der Waals surface area contributed by atoms with Crippen molar-refractivity contribution in [2.24, 2.45) is 4.99 Å². The molecule has 25 heavy (non-hydrogen) atoms. The van der Waals surface area contributed by atoms with Crippen molar-refractivity contribution in [1.82, 2.24) is 20.4 Å². The summed E-state index contributed by atoms with van der Waals surface area (Å²) in [5, 5.41) is 5.91. The van der Waals surface area contributed by atoms with Crippen LogP contribution in [0.3, 0.4) is 0 Å². The molecule has 2 N–H and O–H groups in total. The number of guanidine groups is 1. The lowest BCUT2D eigenvalue weighted by Gasteiger charge is -2.36. The molecule has 0 saturated carbocycles. The average Bonchev–Trinajstić information content (AvgIpc) is 3.02. The second-order valence-corrected chi connectivity index (χ2v) is 7.51. The van der Waals surface area contributed by atoms with Gasteiger partial charge in [-0.25, -0.2) is 0 Å². The second-order valence-electron chi connectivity index (χ2n) is 5.71. The fraction of sp³-hybridized carbons (Fsp3) is 0.625. The molecule has 0 unspecified atom stereocenters. The Kier molecular flexibility index (Phi) is 8.47. The molecule has 7 nitrogen and oxygen atoms in total. The maximum absolute atomic E-state index is 11.8. The van der Waals surface area contributed by atoms with Gasteiger partial charge in [-0.05, 0) is 12.1 Å². The molecule has 2 rings (SSSR count). The number of carbonyl (C=O) groups excluding carboxylic acids is 1. The number of carbonyl (C=O) groups is 1. The van der Waals surface area contributed by atoms with Gasteiger partial charge >= 0.3 is 0 Å². The van der Waals surface area contributed by atoms with Crippen LogP contribution in [0, 0.1) is 0 Å². The third kappa shape index (κ3) is 6.81. The summed E-state index contributed by atoms with van der Waals surface area (Å²) in [6.07, 6.45) is 0. The number of piperazine rings is 1. The van der Waals surface area contributed by atoms with E-state index in [1.165, 1.54) is 4.88 Å². The van der Waals surface area contributed by atoms with Crippen LogP contribution in [0.25, 0.3) is 0 Å². The Morgan fingerprint density at radius 1 is 1.32 bits per heavy atom. The number of aliphatic imine (C=N–C) groups is 1. The van der Waals surface area contributed by atoms with Crippen LogP contribution < -0.4 is 10.6 Å². The van der Waals surface area contributed by atoms with Gasteiger partial charge in [0.05, 0.1) is 17.5 Å². The van der Waals surface area contributed by atoms with E-state index >= 15 is 0 Å². The lowest BCUT2D eigenvalue weighted by molar-refractivity contribution is -0.120. The Morgan fingerprint density at radius 3 is 2.68 bits per heavy atom. The van der Waals surface area contributed by atoms with Gasteiger partial charge in [-0.15, -0.1) is 11.3 Å². The van der Waals surface area contributed by atoms with Gasteiger partial charge in [0.15, 0.2) is 5.96 Å². The smallest absolute Gasteiger partial charge is 0.239 e. The van der Waals surface area contributed by atoms with Gasteiger partial charge in [0.2, 0.25) is 5.91 Å². The van der Waals surface area contributed by atoms with Gasteiger partial charge in [0, 0.05) is 58.3 Å². The minimum absolute atomic E-state index is 0.0635. The molecule has 0 radical (unpaired) electrons. The van der Waals surface area contributed by atoms with Crippen LogP contribution in [-0.4, -0.2) is 81.7 Å². The van der Waals surface area contributed by atoms with E-state index in [1.807, 2.05) is 6.07 Å². The zero-order valence-electron chi connectivity index (χ0n) is 14.8. The highest BCUT2D eigenvalue weighted by atomic mass is 35.5. The summed E-state index contributed by atoms with van der Waals surface area (Å²) in [4.78, 5) is 21.9. The second kappa shape index (κ2) is 10.6. The van der Waals surface area contributed by atoms with E-state index in [9.17, 15) is 4.79 Å². The number of methoxy groups -OCH3 is 1. The van der Waals surface area contributed by atoms with E-state index in [1.54, 1.807) is 25.5 Å². The number of ether oxygens (including phenoxy) is 1. The Bertz CT molecular complexity index is 573. The van der Waals surface area contributed by atoms with E-state index in [2.05, 4.69) is 31.5 Å². The van der Waals surface area contributed by atoms with E-state index in [4.69, 9.17) is 16.3 Å². The van der Waals surface area contributed by atoms with Gasteiger partial charge in [0.1, 0.15) is 0 Å². The van der Waals surface area contributed by atoms with Gasteiger partial charge in [-0.2, -0.15) is 0 Å². The van der Waals surface area contributed by atoms with Crippen LogP contribution in [-0.2, 0) is 16.1 Å². The molecule has 2 heterocycles. The Morgan fingerprint density at radius 2 is 2.08 bits per heavy atom. The number of nitrogens with zero attached hydrogens (tertiary/aromatic N) is 3. The summed E-state index contributed by atoms with van der Waals surface area (Å²) in [5.74, 6) is 0.701. The first-order valence-electron chi connectivity index (χ1n) is 8.30. The minimum Gasteiger partial charge on any atom is -0.383 e. The summed E-state index contributed by atoms with van der Waals surface area (Å²) in [7, 11) is 3.35. The number of amides is 1. The molecular formula is C16H26ClN5O2S. The van der Waals surface area contributed by atoms with Crippen LogP contribution in [0.5, 0.6) is 0 Å². The Balaban J connectivity index is 1.71. The van der Waals surface area contributed by atoms with Crippen molar-refractivity contribution in [1.29, 1.82) is 0 Å². The maximum Gasteiger partial charge on any atom is 0.239 e. The summed E-state index contributed by atoms with van der Waals surface area (Å²) < 4.78 is 5.74. The van der Waals surface area contributed by atoms with Gasteiger partial charge < -0.3 is 20.3 Å². The molecule has 1 aliphatic rings. The monoisotopic (exact) mass is 387 g/mol. The van der Waals surface area contributed by atoms with Crippen LogP contribution in [0.15, 0.2) is 17.1 Å². The molecule has 0 bridgehead atoms.